The van der Waals surface area contributed by atoms with Gasteiger partial charge in [-0.1, -0.05) is 12.8 Å². The molecule has 2 amide bonds. The minimum atomic E-state index is -1.01. The summed E-state index contributed by atoms with van der Waals surface area (Å²) in [6.45, 7) is 3.08. The van der Waals surface area contributed by atoms with Gasteiger partial charge in [-0.25, -0.2) is 4.79 Å². The molecule has 0 fully saturated rings. The third-order valence-corrected chi connectivity index (χ3v) is 4.27. The standard InChI is InChI=1S/C17H32N2O7/c1-11(13(15(18)22)7-3-5-9-20)25-17(24)26-12(2)14(16(19)23)8-4-6-10-21/h11-14,20-21H,3-10H2,1-2H3,(H2,18,22)(H2,19,23). The quantitative estimate of drug-likeness (QED) is 0.252. The molecule has 0 saturated heterocycles. The molecule has 9 nitrogen and oxygen atoms in total. The summed E-state index contributed by atoms with van der Waals surface area (Å²) in [4.78, 5) is 35.0. The summed E-state index contributed by atoms with van der Waals surface area (Å²) >= 11 is 0. The van der Waals surface area contributed by atoms with Crippen molar-refractivity contribution in [1.29, 1.82) is 0 Å². The second kappa shape index (κ2) is 13.3. The lowest BCUT2D eigenvalue weighted by atomic mass is 9.96. The number of aliphatic hydroxyl groups excluding tert-OH is 2. The number of hydrogen-bond acceptors (Lipinski definition) is 7. The molecule has 152 valence electrons. The van der Waals surface area contributed by atoms with Crippen molar-refractivity contribution in [3.63, 3.8) is 0 Å². The first kappa shape index (κ1) is 24.1. The average Bonchev–Trinajstić information content (AvgIpc) is 2.54. The predicted octanol–water partition coefficient (Wildman–Crippen LogP) is 0.445. The molecular weight excluding hydrogens is 344 g/mol. The minimum absolute atomic E-state index is 0.00502. The molecule has 0 spiro atoms. The van der Waals surface area contributed by atoms with Crippen LogP contribution in [0.3, 0.4) is 0 Å². The van der Waals surface area contributed by atoms with Crippen molar-refractivity contribution < 1.29 is 34.1 Å². The molecule has 4 unspecified atom stereocenters. The van der Waals surface area contributed by atoms with Gasteiger partial charge in [0.15, 0.2) is 0 Å². The minimum Gasteiger partial charge on any atom is -0.430 e. The molecule has 0 aromatic carbocycles. The van der Waals surface area contributed by atoms with E-state index in [2.05, 4.69) is 0 Å². The molecule has 0 saturated carbocycles. The number of ether oxygens (including phenoxy) is 2. The summed E-state index contributed by atoms with van der Waals surface area (Å²) in [7, 11) is 0. The fraction of sp³-hybridized carbons (Fsp3) is 0.824. The number of primary amides is 2. The second-order valence-corrected chi connectivity index (χ2v) is 6.35. The number of rotatable bonds is 14. The Balaban J connectivity index is 4.61. The number of amides is 2. The van der Waals surface area contributed by atoms with Crippen molar-refractivity contribution in [2.75, 3.05) is 13.2 Å². The van der Waals surface area contributed by atoms with Gasteiger partial charge in [0.2, 0.25) is 11.8 Å². The number of nitrogens with two attached hydrogens (primary N) is 2. The van der Waals surface area contributed by atoms with E-state index in [1.165, 1.54) is 13.8 Å². The van der Waals surface area contributed by atoms with Crippen LogP contribution in [0.15, 0.2) is 0 Å². The van der Waals surface area contributed by atoms with Crippen LogP contribution in [0.2, 0.25) is 0 Å². The maximum Gasteiger partial charge on any atom is 0.508 e. The highest BCUT2D eigenvalue weighted by Crippen LogP contribution is 2.19. The molecular formula is C17H32N2O7. The maximum absolute atomic E-state index is 11.9. The Labute approximate surface area is 154 Å². The Hall–Kier alpha value is -1.87. The molecule has 0 aromatic heterocycles. The van der Waals surface area contributed by atoms with E-state index in [0.717, 1.165) is 0 Å². The van der Waals surface area contributed by atoms with Crippen LogP contribution in [0.4, 0.5) is 4.79 Å². The largest absolute Gasteiger partial charge is 0.508 e. The Kier molecular flexibility index (Phi) is 12.4. The van der Waals surface area contributed by atoms with Gasteiger partial charge in [0.05, 0.1) is 11.8 Å². The molecule has 6 N–H and O–H groups in total. The molecule has 0 rings (SSSR count). The third-order valence-electron chi connectivity index (χ3n) is 4.27. The van der Waals surface area contributed by atoms with Crippen molar-refractivity contribution in [3.05, 3.63) is 0 Å². The first-order valence-corrected chi connectivity index (χ1v) is 8.92. The van der Waals surface area contributed by atoms with Gasteiger partial charge < -0.3 is 31.2 Å². The van der Waals surface area contributed by atoms with Crippen molar-refractivity contribution in [3.8, 4) is 0 Å². The lowest BCUT2D eigenvalue weighted by molar-refractivity contribution is -0.127. The number of unbranched alkanes of at least 4 members (excludes halogenated alkanes) is 2. The second-order valence-electron chi connectivity index (χ2n) is 6.35. The highest BCUT2D eigenvalue weighted by molar-refractivity contribution is 5.78. The summed E-state index contributed by atoms with van der Waals surface area (Å²) in [6.07, 6.45) is 0.329. The van der Waals surface area contributed by atoms with Crippen molar-refractivity contribution >= 4 is 18.0 Å². The van der Waals surface area contributed by atoms with Gasteiger partial charge in [0.25, 0.3) is 0 Å². The van der Waals surface area contributed by atoms with Crippen molar-refractivity contribution in [2.24, 2.45) is 23.3 Å². The van der Waals surface area contributed by atoms with Crippen LogP contribution >= 0.6 is 0 Å². The average molecular weight is 376 g/mol. The van der Waals surface area contributed by atoms with Gasteiger partial charge in [-0.15, -0.1) is 0 Å². The SMILES string of the molecule is CC(OC(=O)OC(C)C(CCCCO)C(N)=O)C(CCCCO)C(N)=O. The first-order valence-electron chi connectivity index (χ1n) is 8.92. The lowest BCUT2D eigenvalue weighted by Gasteiger charge is -2.24. The van der Waals surface area contributed by atoms with Gasteiger partial charge in [-0.3, -0.25) is 9.59 Å². The molecule has 0 heterocycles. The van der Waals surface area contributed by atoms with E-state index in [1.54, 1.807) is 0 Å². The lowest BCUT2D eigenvalue weighted by Crippen LogP contribution is -2.38. The third kappa shape index (κ3) is 9.57. The molecule has 0 aliphatic carbocycles. The number of hydrogen-bond donors (Lipinski definition) is 4. The smallest absolute Gasteiger partial charge is 0.430 e. The number of carbonyl (C=O) groups is 3. The summed E-state index contributed by atoms with van der Waals surface area (Å²) in [5.41, 5.74) is 10.7. The van der Waals surface area contributed by atoms with Gasteiger partial charge in [-0.2, -0.15) is 0 Å². The monoisotopic (exact) mass is 376 g/mol. The van der Waals surface area contributed by atoms with E-state index in [9.17, 15) is 14.4 Å². The Morgan fingerprint density at radius 2 is 1.12 bits per heavy atom. The van der Waals surface area contributed by atoms with E-state index in [0.29, 0.717) is 38.5 Å². The van der Waals surface area contributed by atoms with Gasteiger partial charge in [-0.05, 0) is 39.5 Å². The van der Waals surface area contributed by atoms with Crippen LogP contribution in [0.1, 0.15) is 52.4 Å². The highest BCUT2D eigenvalue weighted by atomic mass is 16.7. The molecule has 0 bridgehead atoms. The summed E-state index contributed by atoms with van der Waals surface area (Å²) in [5.74, 6) is -2.59. The summed E-state index contributed by atoms with van der Waals surface area (Å²) < 4.78 is 10.2. The first-order chi connectivity index (χ1) is 12.2. The molecule has 0 aliphatic rings. The predicted molar refractivity (Wildman–Crippen MR) is 93.7 cm³/mol. The van der Waals surface area contributed by atoms with Gasteiger partial charge in [0, 0.05) is 13.2 Å². The van der Waals surface area contributed by atoms with Crippen molar-refractivity contribution in [2.45, 2.75) is 64.6 Å². The fourth-order valence-electron chi connectivity index (χ4n) is 2.66. The molecule has 0 radical (unpaired) electrons. The number of carbonyl (C=O) groups excluding carboxylic acids is 3. The zero-order valence-corrected chi connectivity index (χ0v) is 15.6. The van der Waals surface area contributed by atoms with E-state index in [-0.39, 0.29) is 13.2 Å². The van der Waals surface area contributed by atoms with Crippen LogP contribution in [-0.4, -0.2) is 53.6 Å². The van der Waals surface area contributed by atoms with Crippen LogP contribution < -0.4 is 11.5 Å². The molecule has 0 aliphatic heterocycles. The van der Waals surface area contributed by atoms with Crippen LogP contribution in [0.25, 0.3) is 0 Å². The normalized spacial score (nSPS) is 15.5. The molecule has 4 atom stereocenters. The van der Waals surface area contributed by atoms with Crippen LogP contribution in [-0.2, 0) is 19.1 Å². The van der Waals surface area contributed by atoms with E-state index >= 15 is 0 Å². The summed E-state index contributed by atoms with van der Waals surface area (Å²) in [6, 6.07) is 0. The summed E-state index contributed by atoms with van der Waals surface area (Å²) in [5, 5.41) is 17.6. The Morgan fingerprint density at radius 1 is 0.769 bits per heavy atom. The highest BCUT2D eigenvalue weighted by Gasteiger charge is 2.30. The number of aliphatic hydroxyl groups is 2. The van der Waals surface area contributed by atoms with Gasteiger partial charge in [0.1, 0.15) is 12.2 Å². The zero-order valence-electron chi connectivity index (χ0n) is 15.6. The van der Waals surface area contributed by atoms with E-state index < -0.39 is 42.0 Å². The van der Waals surface area contributed by atoms with Crippen LogP contribution in [0.5, 0.6) is 0 Å². The van der Waals surface area contributed by atoms with Crippen LogP contribution in [0, 0.1) is 11.8 Å². The van der Waals surface area contributed by atoms with Gasteiger partial charge >= 0.3 is 6.16 Å². The molecule has 0 aromatic rings. The Morgan fingerprint density at radius 3 is 1.38 bits per heavy atom. The molecule has 26 heavy (non-hydrogen) atoms. The topological polar surface area (TPSA) is 162 Å². The maximum atomic E-state index is 11.9. The van der Waals surface area contributed by atoms with Crippen molar-refractivity contribution in [1.82, 2.24) is 0 Å². The molecule has 9 heteroatoms. The fourth-order valence-corrected chi connectivity index (χ4v) is 2.66. The zero-order chi connectivity index (χ0) is 20.1. The van der Waals surface area contributed by atoms with E-state index in [1.807, 2.05) is 0 Å². The Bertz CT molecular complexity index is 407. The van der Waals surface area contributed by atoms with E-state index in [4.69, 9.17) is 31.2 Å².